The first kappa shape index (κ1) is 11.2. The SMILES string of the molecule is N=C(c1cc2ccccc2[nH]1)c1c(N)ncnc1N. The van der Waals surface area contributed by atoms with Gasteiger partial charge in [0.1, 0.15) is 18.0 Å². The molecule has 0 amide bonds. The molecule has 2 aromatic heterocycles. The molecule has 0 saturated heterocycles. The zero-order valence-electron chi connectivity index (χ0n) is 10.0. The molecule has 2 heterocycles. The summed E-state index contributed by atoms with van der Waals surface area (Å²) in [5.41, 5.74) is 13.7. The maximum Gasteiger partial charge on any atom is 0.138 e. The molecule has 0 radical (unpaired) electrons. The first-order chi connectivity index (χ1) is 9.16. The lowest BCUT2D eigenvalue weighted by Gasteiger charge is -2.06. The number of nitrogens with two attached hydrogens (primary N) is 2. The highest BCUT2D eigenvalue weighted by Crippen LogP contribution is 2.21. The van der Waals surface area contributed by atoms with Gasteiger partial charge in [0.2, 0.25) is 0 Å². The van der Waals surface area contributed by atoms with E-state index in [-0.39, 0.29) is 17.3 Å². The maximum atomic E-state index is 8.21. The number of anilines is 2. The Hall–Kier alpha value is -2.89. The van der Waals surface area contributed by atoms with Gasteiger partial charge in [0, 0.05) is 10.9 Å². The Balaban J connectivity index is 2.13. The Labute approximate surface area is 109 Å². The number of nitrogens with one attached hydrogen (secondary N) is 2. The summed E-state index contributed by atoms with van der Waals surface area (Å²) in [5, 5.41) is 9.24. The van der Waals surface area contributed by atoms with Crippen LogP contribution in [-0.2, 0) is 0 Å². The minimum absolute atomic E-state index is 0.187. The first-order valence-electron chi connectivity index (χ1n) is 5.70. The number of nitrogens with zero attached hydrogens (tertiary/aromatic N) is 2. The molecule has 0 saturated carbocycles. The Morgan fingerprint density at radius 2 is 1.79 bits per heavy atom. The fourth-order valence-corrected chi connectivity index (χ4v) is 2.01. The van der Waals surface area contributed by atoms with Crippen molar-refractivity contribution in [3.63, 3.8) is 0 Å². The van der Waals surface area contributed by atoms with Gasteiger partial charge in [-0.15, -0.1) is 0 Å². The largest absolute Gasteiger partial charge is 0.383 e. The molecule has 0 aliphatic rings. The Kier molecular flexibility index (Phi) is 2.42. The summed E-state index contributed by atoms with van der Waals surface area (Å²) >= 11 is 0. The lowest BCUT2D eigenvalue weighted by atomic mass is 10.1. The standard InChI is InChI=1S/C13H12N6/c14-11(10-12(15)17-6-18-13(10)16)9-5-7-3-1-2-4-8(7)19-9/h1-6,14,19H,(H4,15,16,17,18). The lowest BCUT2D eigenvalue weighted by Crippen LogP contribution is -2.12. The zero-order chi connectivity index (χ0) is 13.4. The van der Waals surface area contributed by atoms with E-state index < -0.39 is 0 Å². The van der Waals surface area contributed by atoms with Gasteiger partial charge in [-0.05, 0) is 12.1 Å². The number of benzene rings is 1. The van der Waals surface area contributed by atoms with E-state index in [0.717, 1.165) is 10.9 Å². The van der Waals surface area contributed by atoms with Crippen LogP contribution in [0.5, 0.6) is 0 Å². The van der Waals surface area contributed by atoms with Gasteiger partial charge in [-0.3, -0.25) is 5.41 Å². The molecule has 6 nitrogen and oxygen atoms in total. The van der Waals surface area contributed by atoms with Crippen LogP contribution in [0.2, 0.25) is 0 Å². The molecule has 0 aliphatic heterocycles. The molecule has 6 heteroatoms. The molecule has 1 aromatic carbocycles. The third-order valence-electron chi connectivity index (χ3n) is 2.96. The van der Waals surface area contributed by atoms with Crippen molar-refractivity contribution in [2.24, 2.45) is 0 Å². The van der Waals surface area contributed by atoms with Crippen LogP contribution in [-0.4, -0.2) is 20.7 Å². The monoisotopic (exact) mass is 252 g/mol. The van der Waals surface area contributed by atoms with Gasteiger partial charge in [0.15, 0.2) is 0 Å². The van der Waals surface area contributed by atoms with Crippen molar-refractivity contribution >= 4 is 28.3 Å². The van der Waals surface area contributed by atoms with E-state index in [2.05, 4.69) is 15.0 Å². The smallest absolute Gasteiger partial charge is 0.138 e. The Morgan fingerprint density at radius 1 is 1.11 bits per heavy atom. The number of hydrogen-bond acceptors (Lipinski definition) is 5. The van der Waals surface area contributed by atoms with Crippen LogP contribution in [0.4, 0.5) is 11.6 Å². The summed E-state index contributed by atoms with van der Waals surface area (Å²) in [6, 6.07) is 9.67. The predicted molar refractivity (Wildman–Crippen MR) is 75.1 cm³/mol. The predicted octanol–water partition coefficient (Wildman–Crippen LogP) is 1.54. The molecule has 0 aliphatic carbocycles. The topological polar surface area (TPSA) is 117 Å². The van der Waals surface area contributed by atoms with Crippen LogP contribution in [0, 0.1) is 5.41 Å². The second-order valence-electron chi connectivity index (χ2n) is 4.16. The number of nitrogen functional groups attached to an aromatic ring is 2. The van der Waals surface area contributed by atoms with Gasteiger partial charge in [0.25, 0.3) is 0 Å². The highest BCUT2D eigenvalue weighted by atomic mass is 15.0. The fourth-order valence-electron chi connectivity index (χ4n) is 2.01. The molecule has 0 atom stereocenters. The first-order valence-corrected chi connectivity index (χ1v) is 5.70. The van der Waals surface area contributed by atoms with E-state index in [1.54, 1.807) is 0 Å². The molecule has 6 N–H and O–H groups in total. The minimum atomic E-state index is 0.187. The molecule has 19 heavy (non-hydrogen) atoms. The van der Waals surface area contributed by atoms with Crippen LogP contribution in [0.15, 0.2) is 36.7 Å². The molecule has 0 spiro atoms. The zero-order valence-corrected chi connectivity index (χ0v) is 10.0. The number of aromatic nitrogens is 3. The number of rotatable bonds is 2. The fraction of sp³-hybridized carbons (Fsp3) is 0. The minimum Gasteiger partial charge on any atom is -0.383 e. The van der Waals surface area contributed by atoms with Crippen molar-refractivity contribution in [3.05, 3.63) is 47.9 Å². The van der Waals surface area contributed by atoms with E-state index in [0.29, 0.717) is 11.3 Å². The molecule has 3 aromatic rings. The summed E-state index contributed by atoms with van der Waals surface area (Å²) in [4.78, 5) is 10.9. The van der Waals surface area contributed by atoms with E-state index in [1.807, 2.05) is 30.3 Å². The summed E-state index contributed by atoms with van der Waals surface area (Å²) in [6.07, 6.45) is 1.28. The van der Waals surface area contributed by atoms with Crippen molar-refractivity contribution in [2.45, 2.75) is 0 Å². The van der Waals surface area contributed by atoms with E-state index in [9.17, 15) is 0 Å². The van der Waals surface area contributed by atoms with Crippen molar-refractivity contribution in [2.75, 3.05) is 11.5 Å². The van der Waals surface area contributed by atoms with Crippen molar-refractivity contribution in [1.29, 1.82) is 5.41 Å². The van der Waals surface area contributed by atoms with Crippen LogP contribution in [0.1, 0.15) is 11.3 Å². The van der Waals surface area contributed by atoms with Crippen LogP contribution in [0.25, 0.3) is 10.9 Å². The quantitative estimate of drug-likeness (QED) is 0.517. The molecule has 0 fully saturated rings. The highest BCUT2D eigenvalue weighted by molar-refractivity contribution is 6.16. The third-order valence-corrected chi connectivity index (χ3v) is 2.96. The van der Waals surface area contributed by atoms with Crippen LogP contribution >= 0.6 is 0 Å². The van der Waals surface area contributed by atoms with Crippen molar-refractivity contribution < 1.29 is 0 Å². The molecular formula is C13H12N6. The number of para-hydroxylation sites is 1. The number of aromatic amines is 1. The average Bonchev–Trinajstić information content (AvgIpc) is 2.82. The lowest BCUT2D eigenvalue weighted by molar-refractivity contribution is 1.17. The summed E-state index contributed by atoms with van der Waals surface area (Å²) in [7, 11) is 0. The molecule has 0 unspecified atom stereocenters. The van der Waals surface area contributed by atoms with Gasteiger partial charge >= 0.3 is 0 Å². The molecular weight excluding hydrogens is 240 g/mol. The van der Waals surface area contributed by atoms with Crippen LogP contribution < -0.4 is 11.5 Å². The van der Waals surface area contributed by atoms with Gasteiger partial charge in [0.05, 0.1) is 17.0 Å². The average molecular weight is 252 g/mol. The van der Waals surface area contributed by atoms with Crippen molar-refractivity contribution in [3.8, 4) is 0 Å². The van der Waals surface area contributed by atoms with E-state index in [4.69, 9.17) is 16.9 Å². The highest BCUT2D eigenvalue weighted by Gasteiger charge is 2.15. The van der Waals surface area contributed by atoms with Gasteiger partial charge in [-0.25, -0.2) is 9.97 Å². The normalized spacial score (nSPS) is 10.7. The van der Waals surface area contributed by atoms with Crippen molar-refractivity contribution in [1.82, 2.24) is 15.0 Å². The van der Waals surface area contributed by atoms with Crippen LogP contribution in [0.3, 0.4) is 0 Å². The summed E-state index contributed by atoms with van der Waals surface area (Å²) in [6.45, 7) is 0. The molecule has 3 rings (SSSR count). The second kappa shape index (κ2) is 4.09. The van der Waals surface area contributed by atoms with Gasteiger partial charge in [-0.2, -0.15) is 0 Å². The van der Waals surface area contributed by atoms with Gasteiger partial charge in [-0.1, -0.05) is 18.2 Å². The Bertz CT molecular complexity index is 720. The molecule has 94 valence electrons. The number of hydrogen-bond donors (Lipinski definition) is 4. The summed E-state index contributed by atoms with van der Waals surface area (Å²) in [5.74, 6) is 0.410. The number of H-pyrrole nitrogens is 1. The second-order valence-corrected chi connectivity index (χ2v) is 4.16. The summed E-state index contributed by atoms with van der Waals surface area (Å²) < 4.78 is 0. The molecule has 0 bridgehead atoms. The number of fused-ring (bicyclic) bond motifs is 1. The van der Waals surface area contributed by atoms with E-state index >= 15 is 0 Å². The third kappa shape index (κ3) is 1.79. The van der Waals surface area contributed by atoms with E-state index in [1.165, 1.54) is 6.33 Å². The Morgan fingerprint density at radius 3 is 2.47 bits per heavy atom. The van der Waals surface area contributed by atoms with Gasteiger partial charge < -0.3 is 16.5 Å². The maximum absolute atomic E-state index is 8.21.